The van der Waals surface area contributed by atoms with Crippen LogP contribution in [0.4, 0.5) is 0 Å². The lowest BCUT2D eigenvalue weighted by atomic mass is 9.52. The molecule has 3 fully saturated rings. The van der Waals surface area contributed by atoms with E-state index in [1.165, 1.54) is 7.11 Å². The van der Waals surface area contributed by atoms with E-state index in [0.717, 1.165) is 18.3 Å². The van der Waals surface area contributed by atoms with E-state index in [9.17, 15) is 24.9 Å². The zero-order chi connectivity index (χ0) is 26.6. The molecule has 1 saturated heterocycles. The number of ether oxygens (including phenoxy) is 3. The van der Waals surface area contributed by atoms with E-state index in [1.807, 2.05) is 13.8 Å². The number of carboxylic acids is 1. The molecule has 10 unspecified atom stereocenters. The molecule has 3 N–H and O–H groups in total. The number of aliphatic hydroxyl groups is 2. The van der Waals surface area contributed by atoms with E-state index in [4.69, 9.17) is 14.2 Å². The second kappa shape index (κ2) is 10.1. The van der Waals surface area contributed by atoms with Crippen LogP contribution >= 0.6 is 0 Å². The van der Waals surface area contributed by atoms with Crippen LogP contribution in [0.5, 0.6) is 0 Å². The second-order valence-electron chi connectivity index (χ2n) is 12.2. The van der Waals surface area contributed by atoms with Crippen LogP contribution in [-0.2, 0) is 23.8 Å². The lowest BCUT2D eigenvalue weighted by molar-refractivity contribution is -0.297. The molecule has 4 rings (SSSR count). The van der Waals surface area contributed by atoms with Gasteiger partial charge in [0.1, 0.15) is 30.0 Å². The molecule has 2 bridgehead atoms. The molecule has 8 nitrogen and oxygen atoms in total. The summed E-state index contributed by atoms with van der Waals surface area (Å²) in [6, 6.07) is 0. The fourth-order valence-corrected chi connectivity index (χ4v) is 8.39. The third-order valence-electron chi connectivity index (χ3n) is 10.2. The topological polar surface area (TPSA) is 123 Å². The van der Waals surface area contributed by atoms with Crippen LogP contribution in [0, 0.1) is 46.3 Å². The largest absolute Gasteiger partial charge is 0.481 e. The van der Waals surface area contributed by atoms with E-state index in [-0.39, 0.29) is 30.3 Å². The number of aliphatic carboxylic acids is 1. The maximum absolute atomic E-state index is 13.0. The third-order valence-corrected chi connectivity index (χ3v) is 10.2. The van der Waals surface area contributed by atoms with Crippen molar-refractivity contribution in [3.63, 3.8) is 0 Å². The predicted molar refractivity (Wildman–Crippen MR) is 132 cm³/mol. The number of aliphatic hydroxyl groups excluding tert-OH is 2. The summed E-state index contributed by atoms with van der Waals surface area (Å²) < 4.78 is 17.0. The Hall–Kier alpha value is -1.32. The maximum Gasteiger partial charge on any atom is 0.314 e. The van der Waals surface area contributed by atoms with Crippen molar-refractivity contribution in [2.75, 3.05) is 13.7 Å². The van der Waals surface area contributed by atoms with Crippen molar-refractivity contribution in [1.29, 1.82) is 0 Å². The number of carbonyl (C=O) groups is 2. The van der Waals surface area contributed by atoms with Gasteiger partial charge in [0.2, 0.25) is 0 Å². The third kappa shape index (κ3) is 3.99. The highest BCUT2D eigenvalue weighted by molar-refractivity contribution is 5.88. The van der Waals surface area contributed by atoms with E-state index in [2.05, 4.69) is 19.9 Å². The first kappa shape index (κ1) is 27.7. The van der Waals surface area contributed by atoms with Crippen LogP contribution in [0.1, 0.15) is 60.3 Å². The SMILES string of the molecule is COC1C(C)OC(OCCC2C(C)C(C)CC2C2(C=O)C[C@@H]3C=C(C(C)C)[C@@]2(C(=O)O)C3)C(O)C1O. The Kier molecular flexibility index (Phi) is 7.77. The molecule has 3 aliphatic carbocycles. The van der Waals surface area contributed by atoms with Gasteiger partial charge in [0.25, 0.3) is 0 Å². The van der Waals surface area contributed by atoms with Crippen molar-refractivity contribution in [2.24, 2.45) is 46.3 Å². The summed E-state index contributed by atoms with van der Waals surface area (Å²) in [4.78, 5) is 26.0. The summed E-state index contributed by atoms with van der Waals surface area (Å²) in [6.45, 7) is 10.5. The quantitative estimate of drug-likeness (QED) is 0.321. The Morgan fingerprint density at radius 2 is 1.92 bits per heavy atom. The molecule has 8 heteroatoms. The molecule has 0 aromatic heterocycles. The standard InChI is InChI=1S/C28H44O8/c1-14(2)20-10-18-11-27(13-29,28(20,12-18)26(32)33)21-9-15(3)16(4)19(21)7-8-35-25-23(31)22(30)24(34-6)17(5)36-25/h10,13-19,21-25,30-31H,7-9,11-12H2,1-6H3,(H,32,33)/t15?,16?,17?,18-,19?,21?,22?,23?,24?,25?,27?,28+/m0/s1. The number of hydrogen-bond donors (Lipinski definition) is 3. The minimum absolute atomic E-state index is 0.0632. The average molecular weight is 509 g/mol. The molecule has 0 radical (unpaired) electrons. The van der Waals surface area contributed by atoms with Gasteiger partial charge >= 0.3 is 5.97 Å². The van der Waals surface area contributed by atoms with Gasteiger partial charge in [-0.05, 0) is 68.1 Å². The fourth-order valence-electron chi connectivity index (χ4n) is 8.39. The highest BCUT2D eigenvalue weighted by Gasteiger charge is 2.71. The summed E-state index contributed by atoms with van der Waals surface area (Å²) >= 11 is 0. The highest BCUT2D eigenvalue weighted by Crippen LogP contribution is 2.71. The Balaban J connectivity index is 1.55. The molecule has 12 atom stereocenters. The monoisotopic (exact) mass is 508 g/mol. The van der Waals surface area contributed by atoms with Crippen molar-refractivity contribution in [3.05, 3.63) is 11.6 Å². The molecule has 1 heterocycles. The minimum atomic E-state index is -1.23. The molecule has 204 valence electrons. The summed E-state index contributed by atoms with van der Waals surface area (Å²) in [5.41, 5.74) is -1.16. The van der Waals surface area contributed by atoms with Crippen LogP contribution in [0.15, 0.2) is 11.6 Å². The fraction of sp³-hybridized carbons (Fsp3) is 0.857. The summed E-state index contributed by atoms with van der Waals surface area (Å²) in [5, 5.41) is 31.5. The average Bonchev–Trinajstić information content (AvgIpc) is 3.47. The van der Waals surface area contributed by atoms with Crippen LogP contribution in [0.3, 0.4) is 0 Å². The van der Waals surface area contributed by atoms with Gasteiger partial charge in [-0.15, -0.1) is 0 Å². The Bertz CT molecular complexity index is 872. The molecule has 36 heavy (non-hydrogen) atoms. The Labute approximate surface area is 214 Å². The molecule has 4 aliphatic rings. The van der Waals surface area contributed by atoms with Crippen LogP contribution in [-0.4, -0.2) is 72.0 Å². The van der Waals surface area contributed by atoms with Gasteiger partial charge in [-0.3, -0.25) is 4.79 Å². The number of carbonyl (C=O) groups excluding carboxylic acids is 1. The number of aldehydes is 1. The van der Waals surface area contributed by atoms with Gasteiger partial charge in [-0.25, -0.2) is 0 Å². The summed E-state index contributed by atoms with van der Waals surface area (Å²) in [7, 11) is 1.47. The minimum Gasteiger partial charge on any atom is -0.481 e. The van der Waals surface area contributed by atoms with Crippen molar-refractivity contribution >= 4 is 12.3 Å². The number of hydrogen-bond acceptors (Lipinski definition) is 7. The van der Waals surface area contributed by atoms with Crippen molar-refractivity contribution in [1.82, 2.24) is 0 Å². The first-order valence-corrected chi connectivity index (χ1v) is 13.5. The van der Waals surface area contributed by atoms with Crippen LogP contribution < -0.4 is 0 Å². The predicted octanol–water partition coefficient (Wildman–Crippen LogP) is 3.05. The van der Waals surface area contributed by atoms with Gasteiger partial charge in [0.05, 0.1) is 12.7 Å². The lowest BCUT2D eigenvalue weighted by Crippen LogP contribution is -2.58. The number of carboxylic acid groups (broad SMARTS) is 1. The molecule has 0 aromatic rings. The van der Waals surface area contributed by atoms with Crippen molar-refractivity contribution in [2.45, 2.75) is 91.0 Å². The highest BCUT2D eigenvalue weighted by atomic mass is 16.7. The normalized spacial score (nSPS) is 48.4. The molecule has 2 saturated carbocycles. The molecule has 0 amide bonds. The second-order valence-corrected chi connectivity index (χ2v) is 12.2. The first-order valence-electron chi connectivity index (χ1n) is 13.5. The molecule has 0 spiro atoms. The van der Waals surface area contributed by atoms with Gasteiger partial charge in [0.15, 0.2) is 6.29 Å². The lowest BCUT2D eigenvalue weighted by Gasteiger charge is -2.48. The summed E-state index contributed by atoms with van der Waals surface area (Å²) in [5.74, 6) is 0.00906. The van der Waals surface area contributed by atoms with Crippen LogP contribution in [0.25, 0.3) is 0 Å². The van der Waals surface area contributed by atoms with Gasteiger partial charge in [-0.2, -0.15) is 0 Å². The smallest absolute Gasteiger partial charge is 0.314 e. The molecular formula is C28H44O8. The Morgan fingerprint density at radius 1 is 1.22 bits per heavy atom. The number of allylic oxidation sites excluding steroid dienone is 1. The van der Waals surface area contributed by atoms with Crippen LogP contribution in [0.2, 0.25) is 0 Å². The molecular weight excluding hydrogens is 464 g/mol. The molecule has 0 aromatic carbocycles. The van der Waals surface area contributed by atoms with E-state index >= 15 is 0 Å². The molecule has 1 aliphatic heterocycles. The Morgan fingerprint density at radius 3 is 2.50 bits per heavy atom. The zero-order valence-corrected chi connectivity index (χ0v) is 22.4. The van der Waals surface area contributed by atoms with Crippen molar-refractivity contribution in [3.8, 4) is 0 Å². The number of rotatable bonds is 9. The van der Waals surface area contributed by atoms with E-state index in [0.29, 0.717) is 31.1 Å². The zero-order valence-electron chi connectivity index (χ0n) is 22.4. The summed E-state index contributed by atoms with van der Waals surface area (Å²) in [6.07, 6.45) is 1.25. The van der Waals surface area contributed by atoms with Gasteiger partial charge < -0.3 is 34.3 Å². The van der Waals surface area contributed by atoms with E-state index in [1.54, 1.807) is 6.92 Å². The number of fused-ring (bicyclic) bond motifs is 2. The maximum atomic E-state index is 13.0. The van der Waals surface area contributed by atoms with E-state index < -0.39 is 47.5 Å². The van der Waals surface area contributed by atoms with Gasteiger partial charge in [-0.1, -0.05) is 39.3 Å². The van der Waals surface area contributed by atoms with Crippen molar-refractivity contribution < 1.29 is 39.1 Å². The van der Waals surface area contributed by atoms with Gasteiger partial charge in [0, 0.05) is 12.5 Å². The number of methoxy groups -OCH3 is 1. The first-order chi connectivity index (χ1) is 16.9.